The average molecular weight is 535 g/mol. The molecular formula is C16H9BrI2. The summed E-state index contributed by atoms with van der Waals surface area (Å²) in [6.45, 7) is 0. The van der Waals surface area contributed by atoms with Crippen LogP contribution in [0.15, 0.2) is 59.1 Å². The Morgan fingerprint density at radius 1 is 0.842 bits per heavy atom. The highest BCUT2D eigenvalue weighted by Crippen LogP contribution is 2.36. The van der Waals surface area contributed by atoms with Gasteiger partial charge in [0.05, 0.1) is 0 Å². The Balaban J connectivity index is 2.31. The van der Waals surface area contributed by atoms with Crippen molar-refractivity contribution in [2.45, 2.75) is 0 Å². The topological polar surface area (TPSA) is 0 Å². The van der Waals surface area contributed by atoms with Crippen LogP contribution in [-0.2, 0) is 0 Å². The van der Waals surface area contributed by atoms with Crippen LogP contribution in [0.1, 0.15) is 0 Å². The fraction of sp³-hybridized carbons (Fsp3) is 0. The van der Waals surface area contributed by atoms with E-state index in [1.54, 1.807) is 0 Å². The van der Waals surface area contributed by atoms with Gasteiger partial charge in [0, 0.05) is 17.2 Å². The summed E-state index contributed by atoms with van der Waals surface area (Å²) in [5.74, 6) is 0. The summed E-state index contributed by atoms with van der Waals surface area (Å²) < 4.78 is 3.73. The highest BCUT2D eigenvalue weighted by molar-refractivity contribution is 14.1. The minimum Gasteiger partial charge on any atom is -0.0616 e. The lowest BCUT2D eigenvalue weighted by atomic mass is 10.0. The van der Waals surface area contributed by atoms with E-state index in [0.717, 1.165) is 4.47 Å². The van der Waals surface area contributed by atoms with Crippen LogP contribution in [0.4, 0.5) is 0 Å². The largest absolute Gasteiger partial charge is 0.0616 e. The summed E-state index contributed by atoms with van der Waals surface area (Å²) in [7, 11) is 0. The normalized spacial score (nSPS) is 10.9. The predicted octanol–water partition coefficient (Wildman–Crippen LogP) is 6.48. The van der Waals surface area contributed by atoms with Crippen LogP contribution in [0, 0.1) is 7.14 Å². The van der Waals surface area contributed by atoms with Gasteiger partial charge >= 0.3 is 0 Å². The molecule has 0 N–H and O–H groups in total. The van der Waals surface area contributed by atoms with E-state index in [-0.39, 0.29) is 0 Å². The first-order valence-electron chi connectivity index (χ1n) is 5.79. The molecule has 0 aliphatic rings. The molecule has 0 fully saturated rings. The van der Waals surface area contributed by atoms with Gasteiger partial charge in [-0.2, -0.15) is 0 Å². The number of hydrogen-bond donors (Lipinski definition) is 0. The lowest BCUT2D eigenvalue weighted by Gasteiger charge is -2.11. The Bertz CT molecular complexity index is 749. The molecule has 0 saturated heterocycles. The fourth-order valence-electron chi connectivity index (χ4n) is 2.15. The van der Waals surface area contributed by atoms with E-state index in [4.69, 9.17) is 0 Å². The third-order valence-corrected chi connectivity index (χ3v) is 5.57. The molecule has 0 spiro atoms. The minimum atomic E-state index is 1.11. The molecule has 0 aliphatic heterocycles. The second kappa shape index (κ2) is 5.69. The first kappa shape index (κ1) is 13.8. The molecule has 0 saturated carbocycles. The molecule has 0 amide bonds. The van der Waals surface area contributed by atoms with Crippen LogP contribution in [-0.4, -0.2) is 0 Å². The van der Waals surface area contributed by atoms with Crippen molar-refractivity contribution < 1.29 is 0 Å². The van der Waals surface area contributed by atoms with Crippen molar-refractivity contribution in [3.63, 3.8) is 0 Å². The van der Waals surface area contributed by atoms with Gasteiger partial charge in [-0.1, -0.05) is 52.3 Å². The monoisotopic (exact) mass is 534 g/mol. The van der Waals surface area contributed by atoms with Crippen molar-refractivity contribution >= 4 is 71.9 Å². The summed E-state index contributed by atoms with van der Waals surface area (Å²) >= 11 is 8.38. The highest BCUT2D eigenvalue weighted by atomic mass is 127. The lowest BCUT2D eigenvalue weighted by Crippen LogP contribution is -1.90. The molecule has 0 atom stereocenters. The van der Waals surface area contributed by atoms with E-state index in [1.807, 2.05) is 0 Å². The molecule has 0 radical (unpaired) electrons. The fourth-order valence-corrected chi connectivity index (χ4v) is 4.94. The zero-order valence-corrected chi connectivity index (χ0v) is 15.7. The maximum Gasteiger partial charge on any atom is 0.0297 e. The summed E-state index contributed by atoms with van der Waals surface area (Å²) in [5.41, 5.74) is 2.59. The van der Waals surface area contributed by atoms with E-state index in [2.05, 4.69) is 116 Å². The molecule has 3 aromatic rings. The summed E-state index contributed by atoms with van der Waals surface area (Å²) in [5, 5.41) is 2.62. The Morgan fingerprint density at radius 3 is 2.26 bits per heavy atom. The first-order valence-corrected chi connectivity index (χ1v) is 8.74. The molecule has 0 heterocycles. The Morgan fingerprint density at radius 2 is 1.53 bits per heavy atom. The van der Waals surface area contributed by atoms with Gasteiger partial charge in [-0.3, -0.25) is 0 Å². The zero-order valence-electron chi connectivity index (χ0n) is 9.83. The molecule has 0 bridgehead atoms. The van der Waals surface area contributed by atoms with Crippen LogP contribution in [0.25, 0.3) is 21.9 Å². The minimum absolute atomic E-state index is 1.11. The summed E-state index contributed by atoms with van der Waals surface area (Å²) in [6.07, 6.45) is 0. The molecule has 0 unspecified atom stereocenters. The first-order chi connectivity index (χ1) is 9.16. The average Bonchev–Trinajstić information content (AvgIpc) is 2.41. The Labute approximate surface area is 148 Å². The van der Waals surface area contributed by atoms with E-state index in [9.17, 15) is 0 Å². The van der Waals surface area contributed by atoms with Gasteiger partial charge in [-0.05, 0) is 79.7 Å². The molecular weight excluding hydrogens is 526 g/mol. The quantitative estimate of drug-likeness (QED) is 0.314. The van der Waals surface area contributed by atoms with Crippen molar-refractivity contribution in [2.75, 3.05) is 0 Å². The van der Waals surface area contributed by atoms with Gasteiger partial charge in [0.2, 0.25) is 0 Å². The third kappa shape index (κ3) is 2.69. The summed E-state index contributed by atoms with van der Waals surface area (Å²) in [6, 6.07) is 19.3. The van der Waals surface area contributed by atoms with Crippen LogP contribution < -0.4 is 0 Å². The third-order valence-electron chi connectivity index (χ3n) is 3.07. The maximum atomic E-state index is 3.49. The van der Waals surface area contributed by atoms with Crippen LogP contribution >= 0.6 is 61.1 Å². The van der Waals surface area contributed by atoms with Crippen molar-refractivity contribution in [1.82, 2.24) is 0 Å². The Hall–Kier alpha value is -0.140. The van der Waals surface area contributed by atoms with Gasteiger partial charge < -0.3 is 0 Å². The smallest absolute Gasteiger partial charge is 0.0297 e. The second-order valence-electron chi connectivity index (χ2n) is 4.28. The van der Waals surface area contributed by atoms with Gasteiger partial charge in [0.15, 0.2) is 0 Å². The molecule has 0 nitrogen and oxygen atoms in total. The number of benzene rings is 3. The zero-order chi connectivity index (χ0) is 13.4. The van der Waals surface area contributed by atoms with E-state index in [1.165, 1.54) is 29.0 Å². The Kier molecular flexibility index (Phi) is 4.14. The molecule has 3 heteroatoms. The van der Waals surface area contributed by atoms with Crippen LogP contribution in [0.2, 0.25) is 0 Å². The molecule has 0 aromatic heterocycles. The molecule has 19 heavy (non-hydrogen) atoms. The van der Waals surface area contributed by atoms with Crippen molar-refractivity contribution in [1.29, 1.82) is 0 Å². The van der Waals surface area contributed by atoms with E-state index < -0.39 is 0 Å². The number of hydrogen-bond acceptors (Lipinski definition) is 0. The predicted molar refractivity (Wildman–Crippen MR) is 103 cm³/mol. The van der Waals surface area contributed by atoms with E-state index in [0.29, 0.717) is 0 Å². The van der Waals surface area contributed by atoms with Crippen LogP contribution in [0.5, 0.6) is 0 Å². The SMILES string of the molecule is Brc1ccc(-c2c(I)cc3ccccc3c2I)cc1. The van der Waals surface area contributed by atoms with Gasteiger partial charge in [0.25, 0.3) is 0 Å². The van der Waals surface area contributed by atoms with Crippen LogP contribution in [0.3, 0.4) is 0 Å². The maximum absolute atomic E-state index is 3.49. The highest BCUT2D eigenvalue weighted by Gasteiger charge is 2.11. The molecule has 94 valence electrons. The molecule has 3 aromatic carbocycles. The second-order valence-corrected chi connectivity index (χ2v) is 7.43. The lowest BCUT2D eigenvalue weighted by molar-refractivity contribution is 1.57. The van der Waals surface area contributed by atoms with Crippen molar-refractivity contribution in [3.8, 4) is 11.1 Å². The van der Waals surface area contributed by atoms with Gasteiger partial charge in [-0.25, -0.2) is 0 Å². The summed E-state index contributed by atoms with van der Waals surface area (Å²) in [4.78, 5) is 0. The van der Waals surface area contributed by atoms with Gasteiger partial charge in [0.1, 0.15) is 0 Å². The number of rotatable bonds is 1. The number of halogens is 3. The van der Waals surface area contributed by atoms with Crippen molar-refractivity contribution in [2.24, 2.45) is 0 Å². The number of fused-ring (bicyclic) bond motifs is 1. The molecule has 3 rings (SSSR count). The van der Waals surface area contributed by atoms with Gasteiger partial charge in [-0.15, -0.1) is 0 Å². The molecule has 0 aliphatic carbocycles. The standard InChI is InChI=1S/C16H9BrI2/c17-12-7-5-10(6-8-12)15-14(18)9-11-3-1-2-4-13(11)16(15)19/h1-9H. The van der Waals surface area contributed by atoms with E-state index >= 15 is 0 Å². The van der Waals surface area contributed by atoms with Crippen molar-refractivity contribution in [3.05, 3.63) is 66.2 Å².